The van der Waals surface area contributed by atoms with E-state index in [2.05, 4.69) is 10.3 Å². The zero-order valence-electron chi connectivity index (χ0n) is 17.4. The summed E-state index contributed by atoms with van der Waals surface area (Å²) in [5.41, 5.74) is 2.55. The fraction of sp³-hybridized carbons (Fsp3) is 0.130. The Morgan fingerprint density at radius 1 is 0.969 bits per heavy atom. The van der Waals surface area contributed by atoms with E-state index in [0.717, 1.165) is 0 Å². The van der Waals surface area contributed by atoms with Crippen LogP contribution in [-0.4, -0.2) is 32.2 Å². The molecular formula is C23H18Cl2N2O5. The van der Waals surface area contributed by atoms with Crippen LogP contribution in [-0.2, 0) is 0 Å². The number of anilines is 1. The first-order valence-corrected chi connectivity index (χ1v) is 10.2. The third-order valence-corrected chi connectivity index (χ3v) is 5.57. The number of nitrogens with one attached hydrogen (secondary N) is 1. The Balaban J connectivity index is 1.64. The molecule has 0 aliphatic carbocycles. The third-order valence-electron chi connectivity index (χ3n) is 4.75. The predicted molar refractivity (Wildman–Crippen MR) is 124 cm³/mol. The first-order valence-electron chi connectivity index (χ1n) is 9.41. The van der Waals surface area contributed by atoms with Gasteiger partial charge in [-0.25, -0.2) is 4.98 Å². The van der Waals surface area contributed by atoms with Crippen LogP contribution in [0, 0.1) is 0 Å². The monoisotopic (exact) mass is 472 g/mol. The van der Waals surface area contributed by atoms with Crippen LogP contribution in [0.25, 0.3) is 22.6 Å². The molecule has 1 heterocycles. The second-order valence-corrected chi connectivity index (χ2v) is 7.46. The maximum Gasteiger partial charge on any atom is 0.255 e. The minimum Gasteiger partial charge on any atom is -0.493 e. The molecule has 0 fully saturated rings. The van der Waals surface area contributed by atoms with Crippen molar-refractivity contribution in [2.24, 2.45) is 0 Å². The molecule has 0 radical (unpaired) electrons. The summed E-state index contributed by atoms with van der Waals surface area (Å²) in [6, 6.07) is 13.5. The number of amides is 1. The average molecular weight is 473 g/mol. The topological polar surface area (TPSA) is 82.8 Å². The summed E-state index contributed by atoms with van der Waals surface area (Å²) in [6.07, 6.45) is 0. The fourth-order valence-corrected chi connectivity index (χ4v) is 3.59. The molecule has 0 spiro atoms. The molecule has 1 aromatic heterocycles. The van der Waals surface area contributed by atoms with Crippen molar-refractivity contribution in [3.05, 3.63) is 64.1 Å². The SMILES string of the molecule is COc1cc(C(=O)Nc2ccc3oc(-c4cccc(Cl)c4Cl)nc3c2)cc(OC)c1OC. The lowest BCUT2D eigenvalue weighted by molar-refractivity contribution is 0.102. The molecule has 1 amide bonds. The summed E-state index contributed by atoms with van der Waals surface area (Å²) in [5, 5.41) is 3.61. The number of rotatable bonds is 6. The van der Waals surface area contributed by atoms with Crippen molar-refractivity contribution in [1.82, 2.24) is 4.98 Å². The number of carbonyl (C=O) groups is 1. The summed E-state index contributed by atoms with van der Waals surface area (Å²) in [4.78, 5) is 17.3. The maximum absolute atomic E-state index is 12.9. The lowest BCUT2D eigenvalue weighted by atomic mass is 10.1. The Labute approximate surface area is 193 Å². The van der Waals surface area contributed by atoms with Gasteiger partial charge in [0, 0.05) is 11.3 Å². The minimum atomic E-state index is -0.356. The molecule has 0 saturated carbocycles. The van der Waals surface area contributed by atoms with Gasteiger partial charge in [-0.05, 0) is 42.5 Å². The number of benzene rings is 3. The van der Waals surface area contributed by atoms with E-state index in [1.165, 1.54) is 21.3 Å². The molecule has 0 atom stereocenters. The van der Waals surface area contributed by atoms with E-state index in [0.29, 0.717) is 61.1 Å². The van der Waals surface area contributed by atoms with Crippen LogP contribution in [0.3, 0.4) is 0 Å². The molecule has 32 heavy (non-hydrogen) atoms. The van der Waals surface area contributed by atoms with Gasteiger partial charge in [0.25, 0.3) is 5.91 Å². The van der Waals surface area contributed by atoms with Gasteiger partial charge < -0.3 is 23.9 Å². The normalized spacial score (nSPS) is 10.8. The highest BCUT2D eigenvalue weighted by atomic mass is 35.5. The van der Waals surface area contributed by atoms with Gasteiger partial charge in [-0.1, -0.05) is 29.3 Å². The predicted octanol–water partition coefficient (Wildman–Crippen LogP) is 6.08. The zero-order chi connectivity index (χ0) is 22.8. The number of fused-ring (bicyclic) bond motifs is 1. The molecule has 0 aliphatic rings. The van der Waals surface area contributed by atoms with Crippen LogP contribution >= 0.6 is 23.2 Å². The Morgan fingerprint density at radius 2 is 1.69 bits per heavy atom. The van der Waals surface area contributed by atoms with E-state index < -0.39 is 0 Å². The molecule has 0 aliphatic heterocycles. The number of halogens is 2. The van der Waals surface area contributed by atoms with Crippen LogP contribution in [0.4, 0.5) is 5.69 Å². The smallest absolute Gasteiger partial charge is 0.255 e. The quantitative estimate of drug-likeness (QED) is 0.366. The van der Waals surface area contributed by atoms with Crippen LogP contribution in [0.15, 0.2) is 52.9 Å². The molecular weight excluding hydrogens is 455 g/mol. The number of aromatic nitrogens is 1. The van der Waals surface area contributed by atoms with Gasteiger partial charge in [0.2, 0.25) is 11.6 Å². The molecule has 0 unspecified atom stereocenters. The van der Waals surface area contributed by atoms with Crippen molar-refractivity contribution in [2.45, 2.75) is 0 Å². The highest BCUT2D eigenvalue weighted by molar-refractivity contribution is 6.43. The van der Waals surface area contributed by atoms with Crippen molar-refractivity contribution in [1.29, 1.82) is 0 Å². The van der Waals surface area contributed by atoms with Gasteiger partial charge in [0.15, 0.2) is 17.1 Å². The Hall–Kier alpha value is -3.42. The number of hydrogen-bond acceptors (Lipinski definition) is 6. The van der Waals surface area contributed by atoms with Gasteiger partial charge in [0.1, 0.15) is 5.52 Å². The standard InChI is InChI=1S/C23H18Cl2N2O5/c1-29-18-9-12(10-19(30-2)21(18)31-3)22(28)26-13-7-8-17-16(11-13)27-23(32-17)14-5-4-6-15(24)20(14)25/h4-11H,1-3H3,(H,26,28). The molecule has 3 aromatic carbocycles. The van der Waals surface area contributed by atoms with E-state index in [1.807, 2.05) is 0 Å². The number of ether oxygens (including phenoxy) is 3. The minimum absolute atomic E-state index is 0.334. The lowest BCUT2D eigenvalue weighted by Crippen LogP contribution is -2.12. The molecule has 7 nitrogen and oxygen atoms in total. The fourth-order valence-electron chi connectivity index (χ4n) is 3.20. The summed E-state index contributed by atoms with van der Waals surface area (Å²) in [7, 11) is 4.47. The van der Waals surface area contributed by atoms with Crippen LogP contribution in [0.1, 0.15) is 10.4 Å². The molecule has 4 rings (SSSR count). The van der Waals surface area contributed by atoms with Crippen molar-refractivity contribution in [3.63, 3.8) is 0 Å². The van der Waals surface area contributed by atoms with E-state index in [4.69, 9.17) is 41.8 Å². The Kier molecular flexibility index (Phi) is 6.12. The van der Waals surface area contributed by atoms with Gasteiger partial charge in [0.05, 0.1) is 36.9 Å². The summed E-state index contributed by atoms with van der Waals surface area (Å²) in [6.45, 7) is 0. The summed E-state index contributed by atoms with van der Waals surface area (Å²) in [5.74, 6) is 1.15. The van der Waals surface area contributed by atoms with Gasteiger partial charge in [-0.3, -0.25) is 4.79 Å². The molecule has 9 heteroatoms. The lowest BCUT2D eigenvalue weighted by Gasteiger charge is -2.14. The molecule has 164 valence electrons. The highest BCUT2D eigenvalue weighted by Gasteiger charge is 2.18. The molecule has 0 saturated heterocycles. The van der Waals surface area contributed by atoms with E-state index >= 15 is 0 Å². The van der Waals surface area contributed by atoms with Gasteiger partial charge in [-0.15, -0.1) is 0 Å². The Morgan fingerprint density at radius 3 is 2.34 bits per heavy atom. The van der Waals surface area contributed by atoms with Crippen molar-refractivity contribution in [2.75, 3.05) is 26.6 Å². The number of oxazole rings is 1. The van der Waals surface area contributed by atoms with E-state index in [1.54, 1.807) is 48.5 Å². The van der Waals surface area contributed by atoms with Crippen LogP contribution in [0.5, 0.6) is 17.2 Å². The Bertz CT molecular complexity index is 1290. The first-order chi connectivity index (χ1) is 15.4. The first kappa shape index (κ1) is 21.8. The maximum atomic E-state index is 12.9. The summed E-state index contributed by atoms with van der Waals surface area (Å²) >= 11 is 12.4. The molecule has 1 N–H and O–H groups in total. The second kappa shape index (κ2) is 8.98. The number of hydrogen-bond donors (Lipinski definition) is 1. The van der Waals surface area contributed by atoms with E-state index in [9.17, 15) is 4.79 Å². The van der Waals surface area contributed by atoms with Crippen molar-refractivity contribution in [3.8, 4) is 28.7 Å². The number of nitrogens with zero attached hydrogens (tertiary/aromatic N) is 1. The van der Waals surface area contributed by atoms with Crippen molar-refractivity contribution >= 4 is 45.9 Å². The third kappa shape index (κ3) is 4.04. The van der Waals surface area contributed by atoms with Gasteiger partial charge >= 0.3 is 0 Å². The highest BCUT2D eigenvalue weighted by Crippen LogP contribution is 2.38. The van der Waals surface area contributed by atoms with Gasteiger partial charge in [-0.2, -0.15) is 0 Å². The molecule has 4 aromatic rings. The van der Waals surface area contributed by atoms with Crippen LogP contribution in [0.2, 0.25) is 10.0 Å². The van der Waals surface area contributed by atoms with Crippen LogP contribution < -0.4 is 19.5 Å². The molecule has 0 bridgehead atoms. The zero-order valence-corrected chi connectivity index (χ0v) is 18.9. The van der Waals surface area contributed by atoms with Crippen molar-refractivity contribution < 1.29 is 23.4 Å². The second-order valence-electron chi connectivity index (χ2n) is 6.67. The largest absolute Gasteiger partial charge is 0.493 e. The number of carbonyl (C=O) groups excluding carboxylic acids is 1. The van der Waals surface area contributed by atoms with E-state index in [-0.39, 0.29) is 5.91 Å². The number of methoxy groups -OCH3 is 3. The average Bonchev–Trinajstić information content (AvgIpc) is 3.22. The summed E-state index contributed by atoms with van der Waals surface area (Å²) < 4.78 is 21.7.